The maximum Gasteiger partial charge on any atom is 0.252 e. The molecule has 1 aromatic heterocycles. The summed E-state index contributed by atoms with van der Waals surface area (Å²) in [5.74, 6) is 0.310. The summed E-state index contributed by atoms with van der Waals surface area (Å²) in [4.78, 5) is 24.0. The Labute approximate surface area is 140 Å². The molecule has 2 heterocycles. The zero-order chi connectivity index (χ0) is 16.4. The molecule has 1 aliphatic heterocycles. The summed E-state index contributed by atoms with van der Waals surface area (Å²) in [5.41, 5.74) is 0.637. The van der Waals surface area contributed by atoms with Gasteiger partial charge in [-0.25, -0.2) is 0 Å². The van der Waals surface area contributed by atoms with Crippen molar-refractivity contribution in [1.82, 2.24) is 10.6 Å². The van der Waals surface area contributed by atoms with Crippen molar-refractivity contribution in [3.05, 3.63) is 22.4 Å². The fourth-order valence-corrected chi connectivity index (χ4v) is 4.48. The van der Waals surface area contributed by atoms with Crippen molar-refractivity contribution in [3.63, 3.8) is 0 Å². The maximum absolute atomic E-state index is 12.2. The first-order valence-electron chi connectivity index (χ1n) is 8.21. The normalized spacial score (nSPS) is 28.3. The first-order valence-corrected chi connectivity index (χ1v) is 9.16. The molecule has 0 bridgehead atoms. The molecule has 0 spiro atoms. The van der Waals surface area contributed by atoms with E-state index in [1.807, 2.05) is 5.38 Å². The molecule has 0 aromatic carbocycles. The molecule has 0 radical (unpaired) electrons. The topological polar surface area (TPSA) is 67.4 Å². The van der Waals surface area contributed by atoms with Crippen molar-refractivity contribution in [2.45, 2.75) is 45.3 Å². The summed E-state index contributed by atoms with van der Waals surface area (Å²) in [5, 5.41) is 9.60. The van der Waals surface area contributed by atoms with E-state index in [1.54, 1.807) is 11.4 Å². The molecule has 3 atom stereocenters. The maximum atomic E-state index is 12.2. The van der Waals surface area contributed by atoms with Crippen LogP contribution in [0.1, 0.15) is 43.5 Å². The third kappa shape index (κ3) is 3.28. The minimum absolute atomic E-state index is 0.00211. The molecule has 2 amide bonds. The lowest BCUT2D eigenvalue weighted by Crippen LogP contribution is -2.70. The number of hydrogen-bond acceptors (Lipinski definition) is 4. The molecule has 23 heavy (non-hydrogen) atoms. The number of carbonyl (C=O) groups is 2. The second-order valence-corrected chi connectivity index (χ2v) is 7.76. The van der Waals surface area contributed by atoms with Gasteiger partial charge in [0.05, 0.1) is 6.10 Å². The number of fused-ring (bicyclic) bond motifs is 1. The summed E-state index contributed by atoms with van der Waals surface area (Å²) in [6.45, 7) is 5.50. The van der Waals surface area contributed by atoms with Gasteiger partial charge in [-0.1, -0.05) is 13.8 Å². The van der Waals surface area contributed by atoms with Gasteiger partial charge in [0.25, 0.3) is 5.91 Å². The van der Waals surface area contributed by atoms with Crippen LogP contribution in [0.3, 0.4) is 0 Å². The Balaban J connectivity index is 1.43. The van der Waals surface area contributed by atoms with E-state index < -0.39 is 0 Å². The quantitative estimate of drug-likeness (QED) is 0.866. The number of nitrogens with one attached hydrogen (secondary N) is 2. The van der Waals surface area contributed by atoms with Gasteiger partial charge >= 0.3 is 0 Å². The summed E-state index contributed by atoms with van der Waals surface area (Å²) in [6.07, 6.45) is 2.76. The van der Waals surface area contributed by atoms with Crippen LogP contribution in [0, 0.1) is 11.3 Å². The van der Waals surface area contributed by atoms with E-state index in [4.69, 9.17) is 4.74 Å². The highest BCUT2D eigenvalue weighted by molar-refractivity contribution is 7.08. The smallest absolute Gasteiger partial charge is 0.252 e. The predicted octanol–water partition coefficient (Wildman–Crippen LogP) is 2.19. The highest BCUT2D eigenvalue weighted by Gasteiger charge is 2.58. The van der Waals surface area contributed by atoms with Crippen LogP contribution in [0.4, 0.5) is 0 Å². The number of hydrogen-bond donors (Lipinski definition) is 2. The van der Waals surface area contributed by atoms with Gasteiger partial charge in [-0.2, -0.15) is 11.3 Å². The molecule has 3 rings (SSSR count). The van der Waals surface area contributed by atoms with Crippen LogP contribution in [-0.4, -0.2) is 37.1 Å². The molecule has 1 saturated carbocycles. The lowest BCUT2D eigenvalue weighted by molar-refractivity contribution is -0.193. The van der Waals surface area contributed by atoms with E-state index in [-0.39, 0.29) is 29.4 Å². The Kier molecular flexibility index (Phi) is 4.73. The molecule has 1 aromatic rings. The lowest BCUT2D eigenvalue weighted by atomic mass is 9.55. The molecular weight excluding hydrogens is 312 g/mol. The number of amides is 2. The lowest BCUT2D eigenvalue weighted by Gasteiger charge is -2.59. The fourth-order valence-electron chi connectivity index (χ4n) is 3.85. The first-order chi connectivity index (χ1) is 11.0. The third-order valence-corrected chi connectivity index (χ3v) is 5.75. The van der Waals surface area contributed by atoms with Gasteiger partial charge in [0.15, 0.2) is 0 Å². The Morgan fingerprint density at radius 2 is 2.26 bits per heavy atom. The third-order valence-electron chi connectivity index (χ3n) is 5.07. The van der Waals surface area contributed by atoms with Gasteiger partial charge in [-0.3, -0.25) is 9.59 Å². The molecule has 1 aliphatic carbocycles. The van der Waals surface area contributed by atoms with E-state index in [0.29, 0.717) is 24.4 Å². The van der Waals surface area contributed by atoms with Gasteiger partial charge in [-0.05, 0) is 24.3 Å². The average Bonchev–Trinajstić information content (AvgIpc) is 3.07. The molecule has 5 nitrogen and oxygen atoms in total. The Bertz CT molecular complexity index is 570. The van der Waals surface area contributed by atoms with Crippen LogP contribution in [-0.2, 0) is 9.53 Å². The summed E-state index contributed by atoms with van der Waals surface area (Å²) < 4.78 is 5.85. The van der Waals surface area contributed by atoms with Gasteiger partial charge < -0.3 is 15.4 Å². The first kappa shape index (κ1) is 16.5. The predicted molar refractivity (Wildman–Crippen MR) is 89.4 cm³/mol. The number of thiophene rings is 1. The van der Waals surface area contributed by atoms with Crippen molar-refractivity contribution in [1.29, 1.82) is 0 Å². The summed E-state index contributed by atoms with van der Waals surface area (Å²) >= 11 is 1.48. The van der Waals surface area contributed by atoms with E-state index >= 15 is 0 Å². The molecule has 2 aliphatic rings. The second-order valence-electron chi connectivity index (χ2n) is 6.98. The summed E-state index contributed by atoms with van der Waals surface area (Å²) in [6, 6.07) is 1.95. The highest BCUT2D eigenvalue weighted by atomic mass is 32.1. The van der Waals surface area contributed by atoms with Crippen LogP contribution >= 0.6 is 11.3 Å². The molecule has 0 unspecified atom stereocenters. The van der Waals surface area contributed by atoms with Crippen LogP contribution in [0.15, 0.2) is 16.8 Å². The zero-order valence-electron chi connectivity index (χ0n) is 13.6. The largest absolute Gasteiger partial charge is 0.377 e. The van der Waals surface area contributed by atoms with E-state index in [0.717, 1.165) is 19.4 Å². The molecule has 126 valence electrons. The second kappa shape index (κ2) is 6.61. The van der Waals surface area contributed by atoms with Crippen molar-refractivity contribution < 1.29 is 14.3 Å². The fraction of sp³-hybridized carbons (Fsp3) is 0.647. The number of carbonyl (C=O) groups excluding carboxylic acids is 2. The Morgan fingerprint density at radius 3 is 3.00 bits per heavy atom. The van der Waals surface area contributed by atoms with Crippen molar-refractivity contribution >= 4 is 23.2 Å². The highest BCUT2D eigenvalue weighted by Crippen LogP contribution is 2.51. The van der Waals surface area contributed by atoms with Crippen molar-refractivity contribution in [2.75, 3.05) is 13.2 Å². The molecule has 1 saturated heterocycles. The summed E-state index contributed by atoms with van der Waals surface area (Å²) in [7, 11) is 0. The molecule has 2 fully saturated rings. The van der Waals surface area contributed by atoms with Gasteiger partial charge in [-0.15, -0.1) is 0 Å². The van der Waals surface area contributed by atoms with Crippen LogP contribution < -0.4 is 10.6 Å². The monoisotopic (exact) mass is 336 g/mol. The van der Waals surface area contributed by atoms with Crippen LogP contribution in [0.5, 0.6) is 0 Å². The van der Waals surface area contributed by atoms with Crippen LogP contribution in [0.2, 0.25) is 0 Å². The van der Waals surface area contributed by atoms with Gasteiger partial charge in [0.2, 0.25) is 5.91 Å². The minimum Gasteiger partial charge on any atom is -0.377 e. The van der Waals surface area contributed by atoms with E-state index in [1.165, 1.54) is 11.3 Å². The average molecular weight is 336 g/mol. The van der Waals surface area contributed by atoms with Crippen LogP contribution in [0.25, 0.3) is 0 Å². The standard InChI is InChI=1S/C17H24N2O3S/c1-17(2)14(12-4-3-8-22-15(12)17)19-13(20)5-7-18-16(21)11-6-9-23-10-11/h6,9-10,12,14-15H,3-5,7-8H2,1-2H3,(H,18,21)(H,19,20)/t12-,14+,15-/m0/s1. The van der Waals surface area contributed by atoms with E-state index in [9.17, 15) is 9.59 Å². The molecular formula is C17H24N2O3S. The molecule has 2 N–H and O–H groups in total. The van der Waals surface area contributed by atoms with Crippen molar-refractivity contribution in [3.8, 4) is 0 Å². The number of ether oxygens (including phenoxy) is 1. The zero-order valence-corrected chi connectivity index (χ0v) is 14.4. The van der Waals surface area contributed by atoms with Gasteiger partial charge in [0.1, 0.15) is 0 Å². The molecule has 6 heteroatoms. The number of rotatable bonds is 5. The van der Waals surface area contributed by atoms with Gasteiger partial charge in [0, 0.05) is 47.9 Å². The SMILES string of the molecule is CC1(C)[C@H](NC(=O)CCNC(=O)c2ccsc2)[C@@H]2CCCO[C@@H]21. The van der Waals surface area contributed by atoms with E-state index in [2.05, 4.69) is 24.5 Å². The minimum atomic E-state index is -0.122. The Morgan fingerprint density at radius 1 is 1.43 bits per heavy atom. The Hall–Kier alpha value is -1.40. The van der Waals surface area contributed by atoms with Crippen molar-refractivity contribution in [2.24, 2.45) is 11.3 Å².